The molecule has 1 aromatic carbocycles. The molecule has 0 bridgehead atoms. The topological polar surface area (TPSA) is 21.3 Å². The summed E-state index contributed by atoms with van der Waals surface area (Å²) in [5.74, 6) is 0.497. The monoisotopic (exact) mass is 229 g/mol. The van der Waals surface area contributed by atoms with E-state index in [1.54, 1.807) is 0 Å². The van der Waals surface area contributed by atoms with E-state index >= 15 is 0 Å². The van der Waals surface area contributed by atoms with E-state index in [9.17, 15) is 0 Å². The number of hydrogen-bond donors (Lipinski definition) is 1. The maximum Gasteiger partial charge on any atom is 0.0863 e. The van der Waals surface area contributed by atoms with Gasteiger partial charge in [-0.3, -0.25) is 0 Å². The first-order chi connectivity index (χ1) is 8.24. The van der Waals surface area contributed by atoms with E-state index in [1.165, 1.54) is 16.7 Å². The van der Waals surface area contributed by atoms with Crippen LogP contribution < -0.4 is 5.32 Å². The van der Waals surface area contributed by atoms with Gasteiger partial charge in [-0.2, -0.15) is 0 Å². The number of rotatable bonds is 1. The lowest BCUT2D eigenvalue weighted by molar-refractivity contribution is -0.0518. The van der Waals surface area contributed by atoms with Gasteiger partial charge >= 0.3 is 0 Å². The number of nitrogens with one attached hydrogen (secondary N) is 1. The van der Waals surface area contributed by atoms with Crippen molar-refractivity contribution in [3.05, 3.63) is 41.0 Å². The Kier molecular flexibility index (Phi) is 2.57. The fraction of sp³-hybridized carbons (Fsp3) is 0.467. The number of allylic oxidation sites excluding steroid dienone is 1. The molecule has 2 unspecified atom stereocenters. The van der Waals surface area contributed by atoms with Crippen molar-refractivity contribution in [1.29, 1.82) is 0 Å². The molecule has 2 aliphatic heterocycles. The van der Waals surface area contributed by atoms with Gasteiger partial charge in [0.1, 0.15) is 0 Å². The van der Waals surface area contributed by atoms with Gasteiger partial charge in [0.25, 0.3) is 0 Å². The van der Waals surface area contributed by atoms with Crippen LogP contribution in [-0.4, -0.2) is 18.7 Å². The molecule has 0 saturated carbocycles. The van der Waals surface area contributed by atoms with Crippen LogP contribution in [0.4, 0.5) is 0 Å². The standard InChI is InChI=1S/C15H19NO/c1-3-5-11-6-4-7-12-13(11)9-17-15(2)10-16-8-14(12)15/h3-7,14,16H,8-10H2,1-2H3/b5-3-. The van der Waals surface area contributed by atoms with E-state index in [0.29, 0.717) is 5.92 Å². The molecule has 1 N–H and O–H groups in total. The smallest absolute Gasteiger partial charge is 0.0863 e. The molecule has 1 fully saturated rings. The Balaban J connectivity index is 2.10. The Hall–Kier alpha value is -1.12. The highest BCUT2D eigenvalue weighted by atomic mass is 16.5. The molecule has 0 aliphatic carbocycles. The van der Waals surface area contributed by atoms with E-state index in [1.807, 2.05) is 0 Å². The molecule has 90 valence electrons. The molecule has 0 radical (unpaired) electrons. The summed E-state index contributed by atoms with van der Waals surface area (Å²) in [5.41, 5.74) is 4.14. The van der Waals surface area contributed by atoms with Crippen LogP contribution in [0.3, 0.4) is 0 Å². The van der Waals surface area contributed by atoms with E-state index in [0.717, 1.165) is 19.7 Å². The summed E-state index contributed by atoms with van der Waals surface area (Å²) in [7, 11) is 0. The molecule has 1 saturated heterocycles. The molecular weight excluding hydrogens is 210 g/mol. The average molecular weight is 229 g/mol. The van der Waals surface area contributed by atoms with Gasteiger partial charge in [0.05, 0.1) is 12.2 Å². The normalized spacial score (nSPS) is 31.5. The van der Waals surface area contributed by atoms with Crippen LogP contribution in [-0.2, 0) is 11.3 Å². The summed E-state index contributed by atoms with van der Waals surface area (Å²) in [4.78, 5) is 0. The second-order valence-corrected chi connectivity index (χ2v) is 5.20. The Morgan fingerprint density at radius 2 is 2.35 bits per heavy atom. The van der Waals surface area contributed by atoms with E-state index in [4.69, 9.17) is 4.74 Å². The van der Waals surface area contributed by atoms with Crippen molar-refractivity contribution in [1.82, 2.24) is 5.32 Å². The van der Waals surface area contributed by atoms with Gasteiger partial charge in [0.2, 0.25) is 0 Å². The van der Waals surface area contributed by atoms with Crippen LogP contribution >= 0.6 is 0 Å². The molecule has 0 amide bonds. The maximum absolute atomic E-state index is 6.11. The fourth-order valence-electron chi connectivity index (χ4n) is 3.08. The van der Waals surface area contributed by atoms with Crippen molar-refractivity contribution in [3.63, 3.8) is 0 Å². The van der Waals surface area contributed by atoms with E-state index in [2.05, 4.69) is 49.5 Å². The van der Waals surface area contributed by atoms with Gasteiger partial charge in [0.15, 0.2) is 0 Å². The number of benzene rings is 1. The fourth-order valence-corrected chi connectivity index (χ4v) is 3.08. The van der Waals surface area contributed by atoms with E-state index < -0.39 is 0 Å². The number of fused-ring (bicyclic) bond motifs is 3. The van der Waals surface area contributed by atoms with Gasteiger partial charge in [-0.15, -0.1) is 0 Å². The third-order valence-corrected chi connectivity index (χ3v) is 4.08. The molecule has 3 rings (SSSR count). The minimum absolute atomic E-state index is 0.0123. The summed E-state index contributed by atoms with van der Waals surface area (Å²) < 4.78 is 6.11. The van der Waals surface area contributed by atoms with Crippen LogP contribution in [0, 0.1) is 0 Å². The third-order valence-electron chi connectivity index (χ3n) is 4.08. The summed E-state index contributed by atoms with van der Waals surface area (Å²) in [6, 6.07) is 6.60. The highest BCUT2D eigenvalue weighted by Gasteiger charge is 2.44. The zero-order chi connectivity index (χ0) is 11.9. The van der Waals surface area contributed by atoms with E-state index in [-0.39, 0.29) is 5.60 Å². The zero-order valence-electron chi connectivity index (χ0n) is 10.5. The van der Waals surface area contributed by atoms with Crippen LogP contribution in [0.15, 0.2) is 24.3 Å². The van der Waals surface area contributed by atoms with Crippen molar-refractivity contribution in [2.45, 2.75) is 32.0 Å². The van der Waals surface area contributed by atoms with Crippen molar-refractivity contribution in [2.24, 2.45) is 0 Å². The largest absolute Gasteiger partial charge is 0.369 e. The number of hydrogen-bond acceptors (Lipinski definition) is 2. The lowest BCUT2D eigenvalue weighted by Gasteiger charge is -2.37. The molecule has 2 atom stereocenters. The Bertz CT molecular complexity index is 466. The predicted molar refractivity (Wildman–Crippen MR) is 70.0 cm³/mol. The van der Waals surface area contributed by atoms with Gasteiger partial charge in [-0.1, -0.05) is 30.4 Å². The van der Waals surface area contributed by atoms with Crippen LogP contribution in [0.5, 0.6) is 0 Å². The molecular formula is C15H19NO. The van der Waals surface area contributed by atoms with Crippen molar-refractivity contribution in [3.8, 4) is 0 Å². The SMILES string of the molecule is C/C=C\c1cccc2c1COC1(C)CNCC21. The Morgan fingerprint density at radius 1 is 1.47 bits per heavy atom. The first-order valence-corrected chi connectivity index (χ1v) is 6.34. The highest BCUT2D eigenvalue weighted by Crippen LogP contribution is 2.42. The quantitative estimate of drug-likeness (QED) is 0.799. The third kappa shape index (κ3) is 1.63. The number of ether oxygens (including phenoxy) is 1. The second kappa shape index (κ2) is 3.97. The highest BCUT2D eigenvalue weighted by molar-refractivity contribution is 5.57. The van der Waals surface area contributed by atoms with Gasteiger partial charge < -0.3 is 10.1 Å². The van der Waals surface area contributed by atoms with Crippen molar-refractivity contribution in [2.75, 3.05) is 13.1 Å². The minimum atomic E-state index is -0.0123. The molecule has 1 aromatic rings. The Morgan fingerprint density at radius 3 is 3.18 bits per heavy atom. The first-order valence-electron chi connectivity index (χ1n) is 6.34. The predicted octanol–water partition coefficient (Wildman–Crippen LogP) is 2.70. The lowest BCUT2D eigenvalue weighted by atomic mass is 9.80. The first kappa shape index (κ1) is 11.0. The summed E-state index contributed by atoms with van der Waals surface area (Å²) in [5, 5.41) is 3.45. The van der Waals surface area contributed by atoms with Crippen LogP contribution in [0.1, 0.15) is 36.5 Å². The van der Waals surface area contributed by atoms with Crippen molar-refractivity contribution >= 4 is 6.08 Å². The lowest BCUT2D eigenvalue weighted by Crippen LogP contribution is -2.39. The average Bonchev–Trinajstić information content (AvgIpc) is 2.72. The molecule has 0 aromatic heterocycles. The minimum Gasteiger partial charge on any atom is -0.369 e. The van der Waals surface area contributed by atoms with Crippen LogP contribution in [0.25, 0.3) is 6.08 Å². The molecule has 2 aliphatic rings. The molecule has 17 heavy (non-hydrogen) atoms. The molecule has 2 heteroatoms. The zero-order valence-corrected chi connectivity index (χ0v) is 10.5. The molecule has 2 nitrogen and oxygen atoms in total. The van der Waals surface area contributed by atoms with Gasteiger partial charge in [0, 0.05) is 19.0 Å². The maximum atomic E-state index is 6.11. The summed E-state index contributed by atoms with van der Waals surface area (Å²) in [6.45, 7) is 7.02. The van der Waals surface area contributed by atoms with Crippen LogP contribution in [0.2, 0.25) is 0 Å². The summed E-state index contributed by atoms with van der Waals surface area (Å²) in [6.07, 6.45) is 4.27. The summed E-state index contributed by atoms with van der Waals surface area (Å²) >= 11 is 0. The van der Waals surface area contributed by atoms with Gasteiger partial charge in [-0.05, 0) is 30.5 Å². The molecule has 2 heterocycles. The van der Waals surface area contributed by atoms with Gasteiger partial charge in [-0.25, -0.2) is 0 Å². The Labute approximate surface area is 103 Å². The molecule has 0 spiro atoms. The second-order valence-electron chi connectivity index (χ2n) is 5.20. The van der Waals surface area contributed by atoms with Crippen molar-refractivity contribution < 1.29 is 4.74 Å².